The molecule has 0 heterocycles. The van der Waals surface area contributed by atoms with Crippen LogP contribution < -0.4 is 5.73 Å². The van der Waals surface area contributed by atoms with Crippen LogP contribution in [0, 0.1) is 0 Å². The minimum atomic E-state index is 0.108. The van der Waals surface area contributed by atoms with Crippen molar-refractivity contribution in [3.63, 3.8) is 0 Å². The van der Waals surface area contributed by atoms with E-state index in [9.17, 15) is 0 Å². The van der Waals surface area contributed by atoms with Gasteiger partial charge in [0.25, 0.3) is 0 Å². The normalized spacial score (nSPS) is 13.4. The van der Waals surface area contributed by atoms with Gasteiger partial charge in [0.05, 0.1) is 0 Å². The Bertz CT molecular complexity index is 293. The molecule has 0 aliphatic carbocycles. The first-order valence-electron chi connectivity index (χ1n) is 4.47. The van der Waals surface area contributed by atoms with Crippen LogP contribution in [-0.4, -0.2) is 5.75 Å². The molecule has 76 valence electrons. The fraction of sp³-hybridized carbons (Fsp3) is 0.273. The molecule has 1 unspecified atom stereocenters. The summed E-state index contributed by atoms with van der Waals surface area (Å²) in [7, 11) is 0. The predicted molar refractivity (Wildman–Crippen MR) is 64.8 cm³/mol. The molecule has 3 heteroatoms. The summed E-state index contributed by atoms with van der Waals surface area (Å²) < 4.78 is 0. The van der Waals surface area contributed by atoms with E-state index in [1.165, 1.54) is 10.5 Å². The SMILES string of the molecule is CC(N)c1ccc(SCC=CCl)cc1. The van der Waals surface area contributed by atoms with E-state index >= 15 is 0 Å². The lowest BCUT2D eigenvalue weighted by Gasteiger charge is -2.05. The highest BCUT2D eigenvalue weighted by Gasteiger charge is 1.98. The van der Waals surface area contributed by atoms with Gasteiger partial charge >= 0.3 is 0 Å². The summed E-state index contributed by atoms with van der Waals surface area (Å²) in [4.78, 5) is 1.24. The molecule has 0 radical (unpaired) electrons. The van der Waals surface area contributed by atoms with E-state index in [-0.39, 0.29) is 6.04 Å². The minimum Gasteiger partial charge on any atom is -0.324 e. The number of hydrogen-bond donors (Lipinski definition) is 1. The maximum atomic E-state index is 5.75. The first-order chi connectivity index (χ1) is 6.74. The van der Waals surface area contributed by atoms with Gasteiger partial charge in [0, 0.05) is 22.2 Å². The van der Waals surface area contributed by atoms with Crippen LogP contribution in [0.4, 0.5) is 0 Å². The molecule has 0 amide bonds. The van der Waals surface area contributed by atoms with E-state index in [2.05, 4.69) is 24.3 Å². The Morgan fingerprint density at radius 3 is 2.57 bits per heavy atom. The minimum absolute atomic E-state index is 0.108. The quantitative estimate of drug-likeness (QED) is 0.797. The van der Waals surface area contributed by atoms with Gasteiger partial charge in [0.15, 0.2) is 0 Å². The maximum Gasteiger partial charge on any atom is 0.0266 e. The molecule has 0 bridgehead atoms. The molecule has 0 saturated carbocycles. The molecule has 0 aliphatic rings. The van der Waals surface area contributed by atoms with Crippen LogP contribution in [0.1, 0.15) is 18.5 Å². The summed E-state index contributed by atoms with van der Waals surface area (Å²) in [5.74, 6) is 0.904. The van der Waals surface area contributed by atoms with Crippen molar-refractivity contribution in [1.29, 1.82) is 0 Å². The highest BCUT2D eigenvalue weighted by molar-refractivity contribution is 7.99. The fourth-order valence-corrected chi connectivity index (χ4v) is 1.96. The van der Waals surface area contributed by atoms with Crippen LogP contribution >= 0.6 is 23.4 Å². The van der Waals surface area contributed by atoms with Gasteiger partial charge in [0.2, 0.25) is 0 Å². The van der Waals surface area contributed by atoms with E-state index in [1.807, 2.05) is 13.0 Å². The number of nitrogens with two attached hydrogens (primary N) is 1. The molecule has 0 saturated heterocycles. The maximum absolute atomic E-state index is 5.75. The Balaban J connectivity index is 2.55. The third kappa shape index (κ3) is 3.74. The summed E-state index contributed by atoms with van der Waals surface area (Å²) >= 11 is 7.18. The van der Waals surface area contributed by atoms with Gasteiger partial charge in [-0.3, -0.25) is 0 Å². The Morgan fingerprint density at radius 1 is 1.43 bits per heavy atom. The van der Waals surface area contributed by atoms with Crippen LogP contribution in [0.5, 0.6) is 0 Å². The van der Waals surface area contributed by atoms with Crippen molar-refractivity contribution in [2.75, 3.05) is 5.75 Å². The average Bonchev–Trinajstić information content (AvgIpc) is 2.19. The molecule has 1 aromatic rings. The third-order valence-corrected chi connectivity index (χ3v) is 2.98. The second-order valence-electron chi connectivity index (χ2n) is 3.03. The molecule has 2 N–H and O–H groups in total. The molecular formula is C11H14ClNS. The molecule has 1 rings (SSSR count). The highest BCUT2D eigenvalue weighted by Crippen LogP contribution is 2.20. The Morgan fingerprint density at radius 2 is 2.07 bits per heavy atom. The van der Waals surface area contributed by atoms with Gasteiger partial charge in [-0.1, -0.05) is 29.8 Å². The number of halogens is 1. The lowest BCUT2D eigenvalue weighted by Crippen LogP contribution is -2.04. The zero-order valence-corrected chi connectivity index (χ0v) is 9.68. The molecular weight excluding hydrogens is 214 g/mol. The van der Waals surface area contributed by atoms with Crippen LogP contribution in [0.2, 0.25) is 0 Å². The largest absolute Gasteiger partial charge is 0.324 e. The van der Waals surface area contributed by atoms with E-state index < -0.39 is 0 Å². The lowest BCUT2D eigenvalue weighted by molar-refractivity contribution is 0.817. The van der Waals surface area contributed by atoms with Crippen molar-refractivity contribution >= 4 is 23.4 Å². The Kier molecular flexibility index (Phi) is 5.09. The summed E-state index contributed by atoms with van der Waals surface area (Å²) in [6.07, 6.45) is 1.92. The van der Waals surface area contributed by atoms with Gasteiger partial charge in [-0.15, -0.1) is 11.8 Å². The van der Waals surface area contributed by atoms with Crippen LogP contribution in [0.15, 0.2) is 40.8 Å². The fourth-order valence-electron chi connectivity index (χ4n) is 1.05. The van der Waals surface area contributed by atoms with Crippen molar-refractivity contribution < 1.29 is 0 Å². The number of hydrogen-bond acceptors (Lipinski definition) is 2. The molecule has 0 spiro atoms. The molecule has 0 aliphatic heterocycles. The van der Waals surface area contributed by atoms with E-state index in [0.29, 0.717) is 0 Å². The Hall–Kier alpha value is -0.440. The first-order valence-corrected chi connectivity index (χ1v) is 5.90. The van der Waals surface area contributed by atoms with Crippen molar-refractivity contribution in [2.45, 2.75) is 17.9 Å². The molecule has 1 atom stereocenters. The van der Waals surface area contributed by atoms with Crippen molar-refractivity contribution in [3.05, 3.63) is 41.4 Å². The first kappa shape index (κ1) is 11.6. The van der Waals surface area contributed by atoms with E-state index in [1.54, 1.807) is 17.3 Å². The van der Waals surface area contributed by atoms with Crippen molar-refractivity contribution in [3.8, 4) is 0 Å². The lowest BCUT2D eigenvalue weighted by atomic mass is 10.1. The molecule has 0 aromatic heterocycles. The molecule has 1 nitrogen and oxygen atoms in total. The van der Waals surface area contributed by atoms with Crippen LogP contribution in [0.25, 0.3) is 0 Å². The molecule has 14 heavy (non-hydrogen) atoms. The average molecular weight is 228 g/mol. The number of thioether (sulfide) groups is 1. The number of benzene rings is 1. The second-order valence-corrected chi connectivity index (χ2v) is 4.38. The predicted octanol–water partition coefficient (Wildman–Crippen LogP) is 3.55. The summed E-state index contributed by atoms with van der Waals surface area (Å²) in [6, 6.07) is 8.42. The van der Waals surface area contributed by atoms with Crippen molar-refractivity contribution in [2.24, 2.45) is 5.73 Å². The smallest absolute Gasteiger partial charge is 0.0266 e. The van der Waals surface area contributed by atoms with E-state index in [0.717, 1.165) is 5.75 Å². The standard InChI is InChI=1S/C11H14ClNS/c1-9(13)10-3-5-11(6-4-10)14-8-2-7-12/h2-7,9H,8,13H2,1H3. The van der Waals surface area contributed by atoms with E-state index in [4.69, 9.17) is 17.3 Å². The zero-order chi connectivity index (χ0) is 10.4. The summed E-state index contributed by atoms with van der Waals surface area (Å²) in [5.41, 5.74) is 8.46. The molecule has 1 aromatic carbocycles. The van der Waals surface area contributed by atoms with Crippen LogP contribution in [0.3, 0.4) is 0 Å². The van der Waals surface area contributed by atoms with Crippen molar-refractivity contribution in [1.82, 2.24) is 0 Å². The molecule has 0 fully saturated rings. The second kappa shape index (κ2) is 6.12. The van der Waals surface area contributed by atoms with Gasteiger partial charge in [-0.2, -0.15) is 0 Å². The summed E-state index contributed by atoms with van der Waals surface area (Å²) in [5, 5.41) is 0. The zero-order valence-electron chi connectivity index (χ0n) is 8.11. The van der Waals surface area contributed by atoms with Gasteiger partial charge < -0.3 is 5.73 Å². The summed E-state index contributed by atoms with van der Waals surface area (Å²) in [6.45, 7) is 1.98. The third-order valence-electron chi connectivity index (χ3n) is 1.84. The van der Waals surface area contributed by atoms with Gasteiger partial charge in [0.1, 0.15) is 0 Å². The van der Waals surface area contributed by atoms with Crippen LogP contribution in [-0.2, 0) is 0 Å². The van der Waals surface area contributed by atoms with Gasteiger partial charge in [-0.05, 0) is 24.6 Å². The number of rotatable bonds is 4. The van der Waals surface area contributed by atoms with Gasteiger partial charge in [-0.25, -0.2) is 0 Å². The highest BCUT2D eigenvalue weighted by atomic mass is 35.5. The Labute approximate surface area is 94.3 Å². The topological polar surface area (TPSA) is 26.0 Å². The monoisotopic (exact) mass is 227 g/mol.